The molecular formula is C32H27NO5. The van der Waals surface area contributed by atoms with E-state index in [1.165, 1.54) is 7.11 Å². The zero-order valence-corrected chi connectivity index (χ0v) is 21.4. The van der Waals surface area contributed by atoms with E-state index in [0.717, 1.165) is 26.8 Å². The molecule has 190 valence electrons. The first kappa shape index (κ1) is 25.0. The van der Waals surface area contributed by atoms with Crippen LogP contribution >= 0.6 is 0 Å². The van der Waals surface area contributed by atoms with Crippen LogP contribution in [0, 0.1) is 5.92 Å². The highest BCUT2D eigenvalue weighted by atomic mass is 16.6. The van der Waals surface area contributed by atoms with E-state index in [-0.39, 0.29) is 22.8 Å². The van der Waals surface area contributed by atoms with Crippen molar-refractivity contribution in [2.24, 2.45) is 5.92 Å². The van der Waals surface area contributed by atoms with Crippen molar-refractivity contribution in [1.82, 2.24) is 4.90 Å². The molecule has 0 aromatic heterocycles. The van der Waals surface area contributed by atoms with E-state index in [2.05, 4.69) is 24.3 Å². The number of methoxy groups -OCH3 is 1. The highest BCUT2D eigenvalue weighted by Gasteiger charge is 2.45. The molecule has 1 atom stereocenters. The molecule has 0 saturated heterocycles. The van der Waals surface area contributed by atoms with Gasteiger partial charge in [-0.15, -0.1) is 0 Å². The number of hydrogen-bond acceptors (Lipinski definition) is 5. The monoisotopic (exact) mass is 505 g/mol. The number of carbonyl (C=O) groups is 3. The summed E-state index contributed by atoms with van der Waals surface area (Å²) in [4.78, 5) is 40.4. The van der Waals surface area contributed by atoms with Gasteiger partial charge >= 0.3 is 5.97 Å². The van der Waals surface area contributed by atoms with Crippen LogP contribution in [0.4, 0.5) is 0 Å². The molecule has 0 bridgehead atoms. The van der Waals surface area contributed by atoms with E-state index in [0.29, 0.717) is 5.75 Å². The van der Waals surface area contributed by atoms with Gasteiger partial charge in [-0.1, -0.05) is 86.7 Å². The Hall–Kier alpha value is -4.71. The Kier molecular flexibility index (Phi) is 6.79. The molecule has 0 spiro atoms. The molecule has 6 nitrogen and oxygen atoms in total. The van der Waals surface area contributed by atoms with Gasteiger partial charge in [0.1, 0.15) is 6.04 Å². The molecule has 1 aliphatic rings. The zero-order valence-electron chi connectivity index (χ0n) is 21.4. The Bertz CT molecular complexity index is 1550. The van der Waals surface area contributed by atoms with Gasteiger partial charge in [0.2, 0.25) is 0 Å². The van der Waals surface area contributed by atoms with E-state index in [1.54, 1.807) is 50.2 Å². The molecule has 38 heavy (non-hydrogen) atoms. The van der Waals surface area contributed by atoms with Gasteiger partial charge in [-0.25, -0.2) is 4.79 Å². The number of benzene rings is 4. The predicted octanol–water partition coefficient (Wildman–Crippen LogP) is 6.25. The molecule has 0 fully saturated rings. The zero-order chi connectivity index (χ0) is 26.8. The Morgan fingerprint density at radius 3 is 2.13 bits per heavy atom. The molecular weight excluding hydrogens is 478 g/mol. The highest BCUT2D eigenvalue weighted by Crippen LogP contribution is 2.32. The first-order chi connectivity index (χ1) is 18.4. The Labute approximate surface area is 221 Å². The van der Waals surface area contributed by atoms with Gasteiger partial charge in [-0.2, -0.15) is 0 Å². The summed E-state index contributed by atoms with van der Waals surface area (Å²) in [6.45, 7) is 3.54. The van der Waals surface area contributed by atoms with Crippen LogP contribution in [0.25, 0.3) is 22.9 Å². The lowest BCUT2D eigenvalue weighted by Gasteiger charge is -2.27. The average molecular weight is 506 g/mol. The number of esters is 1. The standard InChI is InChI=1S/C32H27NO5/c1-20(2)29(33-30(34)25-13-6-7-14-26(25)31(33)35)32(36)38-27-18-16-21(19-28(27)37-3)15-17-23-11-8-10-22-9-4-5-12-24(22)23/h4-20,29H,1-3H3/b17-15+. The number of nitrogens with zero attached hydrogens (tertiary/aromatic N) is 1. The van der Waals surface area contributed by atoms with Crippen molar-refractivity contribution in [3.63, 3.8) is 0 Å². The van der Waals surface area contributed by atoms with Crippen LogP contribution in [0.2, 0.25) is 0 Å². The normalized spacial score (nSPS) is 13.8. The van der Waals surface area contributed by atoms with Crippen LogP contribution in [-0.4, -0.2) is 35.8 Å². The van der Waals surface area contributed by atoms with Gasteiger partial charge in [-0.3, -0.25) is 14.5 Å². The van der Waals surface area contributed by atoms with Gasteiger partial charge in [0.15, 0.2) is 11.5 Å². The molecule has 2 amide bonds. The van der Waals surface area contributed by atoms with E-state index in [4.69, 9.17) is 9.47 Å². The Morgan fingerprint density at radius 1 is 0.789 bits per heavy atom. The van der Waals surface area contributed by atoms with Gasteiger partial charge < -0.3 is 9.47 Å². The summed E-state index contributed by atoms with van der Waals surface area (Å²) in [6.07, 6.45) is 3.99. The van der Waals surface area contributed by atoms with Crippen molar-refractivity contribution in [1.29, 1.82) is 0 Å². The maximum atomic E-state index is 13.3. The summed E-state index contributed by atoms with van der Waals surface area (Å²) >= 11 is 0. The number of fused-ring (bicyclic) bond motifs is 2. The topological polar surface area (TPSA) is 72.9 Å². The molecule has 4 aromatic carbocycles. The van der Waals surface area contributed by atoms with Crippen molar-refractivity contribution >= 4 is 40.7 Å². The van der Waals surface area contributed by atoms with Crippen LogP contribution in [-0.2, 0) is 4.79 Å². The van der Waals surface area contributed by atoms with Crippen molar-refractivity contribution in [3.8, 4) is 11.5 Å². The van der Waals surface area contributed by atoms with Crippen molar-refractivity contribution in [3.05, 3.63) is 107 Å². The number of carbonyl (C=O) groups excluding carboxylic acids is 3. The molecule has 4 aromatic rings. The summed E-state index contributed by atoms with van der Waals surface area (Å²) in [5.74, 6) is -1.49. The fraction of sp³-hybridized carbons (Fsp3) is 0.156. The first-order valence-electron chi connectivity index (χ1n) is 12.4. The van der Waals surface area contributed by atoms with Crippen LogP contribution in [0.3, 0.4) is 0 Å². The second-order valence-electron chi connectivity index (χ2n) is 9.45. The molecule has 5 rings (SSSR count). The third-order valence-electron chi connectivity index (χ3n) is 6.65. The number of rotatable bonds is 7. The summed E-state index contributed by atoms with van der Waals surface area (Å²) in [5, 5.41) is 2.31. The van der Waals surface area contributed by atoms with Crippen LogP contribution in [0.15, 0.2) is 84.9 Å². The second kappa shape index (κ2) is 10.3. The van der Waals surface area contributed by atoms with Crippen LogP contribution in [0.5, 0.6) is 11.5 Å². The van der Waals surface area contributed by atoms with E-state index in [9.17, 15) is 14.4 Å². The van der Waals surface area contributed by atoms with Crippen molar-refractivity contribution in [2.45, 2.75) is 19.9 Å². The van der Waals surface area contributed by atoms with Gasteiger partial charge in [-0.05, 0) is 52.1 Å². The minimum absolute atomic E-state index is 0.210. The van der Waals surface area contributed by atoms with Crippen molar-refractivity contribution < 1.29 is 23.9 Å². The van der Waals surface area contributed by atoms with Crippen LogP contribution < -0.4 is 9.47 Å². The summed E-state index contributed by atoms with van der Waals surface area (Å²) in [5.41, 5.74) is 2.51. The molecule has 0 saturated carbocycles. The molecule has 0 aliphatic carbocycles. The van der Waals surface area contributed by atoms with E-state index >= 15 is 0 Å². The van der Waals surface area contributed by atoms with Gasteiger partial charge in [0.25, 0.3) is 11.8 Å². The fourth-order valence-electron chi connectivity index (χ4n) is 4.76. The predicted molar refractivity (Wildman–Crippen MR) is 147 cm³/mol. The molecule has 0 N–H and O–H groups in total. The van der Waals surface area contributed by atoms with Gasteiger partial charge in [0.05, 0.1) is 18.2 Å². The molecule has 1 aliphatic heterocycles. The maximum Gasteiger partial charge on any atom is 0.335 e. The maximum absolute atomic E-state index is 13.3. The van der Waals surface area contributed by atoms with Crippen molar-refractivity contribution in [2.75, 3.05) is 7.11 Å². The lowest BCUT2D eigenvalue weighted by molar-refractivity contribution is -0.140. The number of ether oxygens (including phenoxy) is 2. The smallest absolute Gasteiger partial charge is 0.335 e. The summed E-state index contributed by atoms with van der Waals surface area (Å²) in [6, 6.07) is 25.0. The SMILES string of the molecule is COc1cc(/C=C/c2cccc3ccccc23)ccc1OC(=O)C(C(C)C)N1C(=O)c2ccccc2C1=O. The molecule has 1 heterocycles. The number of hydrogen-bond donors (Lipinski definition) is 0. The molecule has 0 radical (unpaired) electrons. The average Bonchev–Trinajstić information content (AvgIpc) is 3.17. The quantitative estimate of drug-likeness (QED) is 0.129. The number of imide groups is 1. The minimum atomic E-state index is -1.09. The molecule has 1 unspecified atom stereocenters. The minimum Gasteiger partial charge on any atom is -0.493 e. The van der Waals surface area contributed by atoms with E-state index in [1.807, 2.05) is 36.4 Å². The Morgan fingerprint density at radius 2 is 1.45 bits per heavy atom. The van der Waals surface area contributed by atoms with Crippen LogP contribution in [0.1, 0.15) is 45.7 Å². The fourth-order valence-corrected chi connectivity index (χ4v) is 4.76. The summed E-state index contributed by atoms with van der Waals surface area (Å²) < 4.78 is 11.2. The molecule has 6 heteroatoms. The van der Waals surface area contributed by atoms with E-state index < -0.39 is 23.8 Å². The second-order valence-corrected chi connectivity index (χ2v) is 9.45. The highest BCUT2D eigenvalue weighted by molar-refractivity contribution is 6.22. The lowest BCUT2D eigenvalue weighted by atomic mass is 10.0. The number of amides is 2. The first-order valence-corrected chi connectivity index (χ1v) is 12.4. The third kappa shape index (κ3) is 4.57. The largest absolute Gasteiger partial charge is 0.493 e. The summed E-state index contributed by atoms with van der Waals surface area (Å²) in [7, 11) is 1.49. The van der Waals surface area contributed by atoms with Gasteiger partial charge in [0, 0.05) is 0 Å². The third-order valence-corrected chi connectivity index (χ3v) is 6.65. The lowest BCUT2D eigenvalue weighted by Crippen LogP contribution is -2.49. The Balaban J connectivity index is 1.38.